The summed E-state index contributed by atoms with van der Waals surface area (Å²) in [6.45, 7) is 4.15. The third kappa shape index (κ3) is 4.80. The minimum atomic E-state index is -0.510. The van der Waals surface area contributed by atoms with E-state index in [2.05, 4.69) is 25.3 Å². The number of hydrogen-bond acceptors (Lipinski definition) is 5. The molecule has 0 spiro atoms. The number of amides is 2. The first-order chi connectivity index (χ1) is 13.7. The Balaban J connectivity index is 0.00000240. The molecule has 2 amide bonds. The van der Waals surface area contributed by atoms with E-state index >= 15 is 0 Å². The molecule has 0 unspecified atom stereocenters. The third-order valence-electron chi connectivity index (χ3n) is 6.28. The Morgan fingerprint density at radius 3 is 2.41 bits per heavy atom. The van der Waals surface area contributed by atoms with Crippen LogP contribution >= 0.6 is 12.4 Å². The number of aromatic nitrogens is 4. The summed E-state index contributed by atoms with van der Waals surface area (Å²) in [6.07, 6.45) is 13.7. The summed E-state index contributed by atoms with van der Waals surface area (Å²) < 4.78 is 1.98. The lowest BCUT2D eigenvalue weighted by atomic mass is 9.78. The minimum absolute atomic E-state index is 0. The number of hydrogen-bond donors (Lipinski definition) is 2. The van der Waals surface area contributed by atoms with Gasteiger partial charge in [-0.1, -0.05) is 32.1 Å². The number of nitrogens with zero attached hydrogens (tertiary/aromatic N) is 5. The molecule has 0 atom stereocenters. The van der Waals surface area contributed by atoms with Gasteiger partial charge in [-0.05, 0) is 38.8 Å². The molecule has 9 heteroatoms. The summed E-state index contributed by atoms with van der Waals surface area (Å²) in [4.78, 5) is 23.4. The van der Waals surface area contributed by atoms with Gasteiger partial charge in [-0.25, -0.2) is 19.4 Å². The smallest absolute Gasteiger partial charge is 0.312 e. The molecule has 1 saturated carbocycles. The Morgan fingerprint density at radius 1 is 1.03 bits per heavy atom. The standard InChI is InChI=1S/C20H31N7O.ClH/c21-19(28)25-20(8-4-3-5-9-20)17-16-14-24-27(18(16)23-15-22-17)13-12-26-10-6-1-2-7-11-26;/h14-15H,1-13H2,(H3,21,25,28);1H. The molecule has 1 aliphatic carbocycles. The highest BCUT2D eigenvalue weighted by molar-refractivity contribution is 5.85. The number of urea groups is 1. The molecule has 4 rings (SSSR count). The summed E-state index contributed by atoms with van der Waals surface area (Å²) in [5.41, 5.74) is 6.71. The van der Waals surface area contributed by atoms with Gasteiger partial charge in [0.1, 0.15) is 6.33 Å². The first kappa shape index (κ1) is 21.8. The molecule has 29 heavy (non-hydrogen) atoms. The van der Waals surface area contributed by atoms with Crippen LogP contribution in [0, 0.1) is 0 Å². The lowest BCUT2D eigenvalue weighted by molar-refractivity contribution is 0.208. The molecule has 2 fully saturated rings. The molecule has 1 aliphatic heterocycles. The van der Waals surface area contributed by atoms with Crippen LogP contribution in [0.4, 0.5) is 4.79 Å². The van der Waals surface area contributed by atoms with Crippen molar-refractivity contribution in [1.82, 2.24) is 30.0 Å². The summed E-state index contributed by atoms with van der Waals surface area (Å²) >= 11 is 0. The van der Waals surface area contributed by atoms with E-state index in [0.717, 1.165) is 55.5 Å². The Kier molecular flexibility index (Phi) is 7.29. The fourth-order valence-electron chi connectivity index (χ4n) is 4.85. The van der Waals surface area contributed by atoms with Crippen LogP contribution in [0.5, 0.6) is 0 Å². The number of primary amides is 1. The van der Waals surface area contributed by atoms with E-state index in [9.17, 15) is 4.79 Å². The molecule has 2 aliphatic rings. The molecule has 0 bridgehead atoms. The molecule has 1 saturated heterocycles. The number of halogens is 1. The average Bonchev–Trinajstić information content (AvgIpc) is 2.93. The van der Waals surface area contributed by atoms with Gasteiger partial charge in [0.15, 0.2) is 5.65 Å². The Labute approximate surface area is 178 Å². The van der Waals surface area contributed by atoms with Crippen molar-refractivity contribution in [3.63, 3.8) is 0 Å². The molecule has 0 aromatic carbocycles. The van der Waals surface area contributed by atoms with Gasteiger partial charge in [0.05, 0.1) is 29.4 Å². The Bertz CT molecular complexity index is 810. The van der Waals surface area contributed by atoms with Crippen LogP contribution in [0.3, 0.4) is 0 Å². The van der Waals surface area contributed by atoms with E-state index in [1.54, 1.807) is 6.33 Å². The van der Waals surface area contributed by atoms with E-state index in [0.29, 0.717) is 0 Å². The predicted octanol–water partition coefficient (Wildman–Crippen LogP) is 2.95. The molecule has 2 aromatic rings. The van der Waals surface area contributed by atoms with Crippen LogP contribution in [-0.2, 0) is 12.1 Å². The van der Waals surface area contributed by atoms with Gasteiger partial charge in [-0.3, -0.25) is 0 Å². The van der Waals surface area contributed by atoms with Crippen molar-refractivity contribution >= 4 is 29.5 Å². The van der Waals surface area contributed by atoms with Crippen LogP contribution in [0.1, 0.15) is 63.5 Å². The number of rotatable bonds is 5. The van der Waals surface area contributed by atoms with E-state index < -0.39 is 11.6 Å². The Hall–Kier alpha value is -1.93. The van der Waals surface area contributed by atoms with Crippen LogP contribution in [-0.4, -0.2) is 50.3 Å². The van der Waals surface area contributed by atoms with E-state index in [1.165, 1.54) is 45.2 Å². The number of likely N-dealkylation sites (tertiary alicyclic amines) is 1. The zero-order valence-electron chi connectivity index (χ0n) is 17.0. The SMILES string of the molecule is Cl.NC(=O)NC1(c2ncnc3c2cnn3CCN2CCCCCC2)CCCCC1. The second-order valence-corrected chi connectivity index (χ2v) is 8.22. The van der Waals surface area contributed by atoms with Gasteiger partial charge in [0, 0.05) is 6.54 Å². The highest BCUT2D eigenvalue weighted by Gasteiger charge is 2.38. The molecular weight excluding hydrogens is 390 g/mol. The fourth-order valence-corrected chi connectivity index (χ4v) is 4.85. The number of fused-ring (bicyclic) bond motifs is 1. The second kappa shape index (κ2) is 9.71. The van der Waals surface area contributed by atoms with Crippen molar-refractivity contribution in [2.24, 2.45) is 5.73 Å². The number of nitrogens with one attached hydrogen (secondary N) is 1. The number of carbonyl (C=O) groups is 1. The summed E-state index contributed by atoms with van der Waals surface area (Å²) in [5, 5.41) is 8.54. The highest BCUT2D eigenvalue weighted by atomic mass is 35.5. The Morgan fingerprint density at radius 2 is 1.72 bits per heavy atom. The molecule has 2 aromatic heterocycles. The van der Waals surface area contributed by atoms with Crippen LogP contribution in [0.2, 0.25) is 0 Å². The fraction of sp³-hybridized carbons (Fsp3) is 0.700. The summed E-state index contributed by atoms with van der Waals surface area (Å²) in [7, 11) is 0. The summed E-state index contributed by atoms with van der Waals surface area (Å²) in [5.74, 6) is 0. The van der Waals surface area contributed by atoms with Gasteiger partial charge in [0.2, 0.25) is 0 Å². The number of carbonyl (C=O) groups excluding carboxylic acids is 1. The van der Waals surface area contributed by atoms with E-state index in [1.807, 2.05) is 10.9 Å². The molecule has 3 heterocycles. The van der Waals surface area contributed by atoms with Gasteiger partial charge < -0.3 is 16.0 Å². The highest BCUT2D eigenvalue weighted by Crippen LogP contribution is 2.38. The largest absolute Gasteiger partial charge is 0.352 e. The van der Waals surface area contributed by atoms with Crippen LogP contribution in [0.25, 0.3) is 11.0 Å². The number of nitrogens with two attached hydrogens (primary N) is 1. The van der Waals surface area contributed by atoms with Gasteiger partial charge in [-0.2, -0.15) is 5.10 Å². The van der Waals surface area contributed by atoms with Crippen LogP contribution < -0.4 is 11.1 Å². The first-order valence-electron chi connectivity index (χ1n) is 10.6. The summed E-state index contributed by atoms with van der Waals surface area (Å²) in [6, 6.07) is -0.498. The predicted molar refractivity (Wildman–Crippen MR) is 115 cm³/mol. The van der Waals surface area contributed by atoms with Crippen molar-refractivity contribution in [3.8, 4) is 0 Å². The van der Waals surface area contributed by atoms with Crippen LogP contribution in [0.15, 0.2) is 12.5 Å². The maximum Gasteiger partial charge on any atom is 0.312 e. The van der Waals surface area contributed by atoms with Gasteiger partial charge in [-0.15, -0.1) is 12.4 Å². The maximum absolute atomic E-state index is 11.7. The second-order valence-electron chi connectivity index (χ2n) is 8.22. The normalized spacial score (nSPS) is 20.0. The van der Waals surface area contributed by atoms with E-state index in [-0.39, 0.29) is 12.4 Å². The minimum Gasteiger partial charge on any atom is -0.352 e. The van der Waals surface area contributed by atoms with Crippen molar-refractivity contribution < 1.29 is 4.79 Å². The monoisotopic (exact) mass is 421 g/mol. The van der Waals surface area contributed by atoms with Gasteiger partial charge >= 0.3 is 6.03 Å². The zero-order chi connectivity index (χ0) is 19.4. The topological polar surface area (TPSA) is 102 Å². The maximum atomic E-state index is 11.7. The van der Waals surface area contributed by atoms with Crippen molar-refractivity contribution in [3.05, 3.63) is 18.2 Å². The lowest BCUT2D eigenvalue weighted by Gasteiger charge is -2.37. The van der Waals surface area contributed by atoms with Gasteiger partial charge in [0.25, 0.3) is 0 Å². The van der Waals surface area contributed by atoms with E-state index in [4.69, 9.17) is 5.73 Å². The molecule has 0 radical (unpaired) electrons. The van der Waals surface area contributed by atoms with Crippen molar-refractivity contribution in [2.75, 3.05) is 19.6 Å². The molecule has 3 N–H and O–H groups in total. The molecule has 8 nitrogen and oxygen atoms in total. The zero-order valence-corrected chi connectivity index (χ0v) is 17.8. The lowest BCUT2D eigenvalue weighted by Crippen LogP contribution is -2.50. The van der Waals surface area contributed by atoms with Crippen molar-refractivity contribution in [2.45, 2.75) is 69.9 Å². The molecular formula is C20H32ClN7O. The average molecular weight is 422 g/mol. The quantitative estimate of drug-likeness (QED) is 0.772. The van der Waals surface area contributed by atoms with Crippen molar-refractivity contribution in [1.29, 1.82) is 0 Å². The first-order valence-corrected chi connectivity index (χ1v) is 10.6. The molecule has 160 valence electrons. The third-order valence-corrected chi connectivity index (χ3v) is 6.28.